The molecule has 0 unspecified atom stereocenters. The molecular weight excluding hydrogens is 326 g/mol. The number of carbonyl (C=O) groups is 2. The fourth-order valence-electron chi connectivity index (χ4n) is 2.27. The zero-order chi connectivity index (χ0) is 18.0. The van der Waals surface area contributed by atoms with Crippen LogP contribution < -0.4 is 5.32 Å². The predicted molar refractivity (Wildman–Crippen MR) is 88.5 cm³/mol. The van der Waals surface area contributed by atoms with Gasteiger partial charge < -0.3 is 19.4 Å². The predicted octanol–water partition coefficient (Wildman–Crippen LogP) is 3.21. The summed E-state index contributed by atoms with van der Waals surface area (Å²) < 4.78 is 10.3. The Hall–Kier alpha value is -3.16. The van der Waals surface area contributed by atoms with Gasteiger partial charge in [0.1, 0.15) is 5.58 Å². The molecule has 3 aromatic rings. The summed E-state index contributed by atoms with van der Waals surface area (Å²) in [5.41, 5.74) is 1.01. The smallest absolute Gasteiger partial charge is 0.371 e. The number of hydrogen-bond acceptors (Lipinski definition) is 6. The molecule has 25 heavy (non-hydrogen) atoms. The molecule has 1 amide bonds. The third-order valence-corrected chi connectivity index (χ3v) is 3.58. The molecule has 0 saturated heterocycles. The number of furan rings is 1. The number of hydrogen-bond donors (Lipinski definition) is 2. The van der Waals surface area contributed by atoms with Crippen molar-refractivity contribution in [2.24, 2.45) is 0 Å². The van der Waals surface area contributed by atoms with Crippen LogP contribution in [-0.4, -0.2) is 27.1 Å². The number of amides is 1. The number of aryl methyl sites for hydroxylation is 1. The Balaban J connectivity index is 1.62. The number of fused-ring (bicyclic) bond motifs is 1. The zero-order valence-electron chi connectivity index (χ0n) is 13.8. The molecule has 0 aliphatic rings. The summed E-state index contributed by atoms with van der Waals surface area (Å²) in [6.07, 6.45) is 0.548. The molecule has 0 aliphatic heterocycles. The highest BCUT2D eigenvalue weighted by Crippen LogP contribution is 2.23. The van der Waals surface area contributed by atoms with E-state index in [9.17, 15) is 9.59 Å². The van der Waals surface area contributed by atoms with Crippen molar-refractivity contribution < 1.29 is 23.6 Å². The molecule has 0 aliphatic carbocycles. The van der Waals surface area contributed by atoms with Crippen molar-refractivity contribution in [1.82, 2.24) is 10.1 Å². The molecule has 0 bridgehead atoms. The molecule has 1 aromatic carbocycles. The van der Waals surface area contributed by atoms with E-state index in [2.05, 4.69) is 15.5 Å². The quantitative estimate of drug-likeness (QED) is 0.705. The Morgan fingerprint density at radius 3 is 2.76 bits per heavy atom. The van der Waals surface area contributed by atoms with Crippen molar-refractivity contribution in [3.63, 3.8) is 0 Å². The van der Waals surface area contributed by atoms with E-state index in [1.807, 2.05) is 13.8 Å². The van der Waals surface area contributed by atoms with E-state index in [1.165, 1.54) is 6.07 Å². The third-order valence-electron chi connectivity index (χ3n) is 3.58. The highest BCUT2D eigenvalue weighted by molar-refractivity contribution is 5.95. The van der Waals surface area contributed by atoms with E-state index in [4.69, 9.17) is 14.0 Å². The summed E-state index contributed by atoms with van der Waals surface area (Å²) in [4.78, 5) is 27.2. The highest BCUT2D eigenvalue weighted by atomic mass is 16.5. The van der Waals surface area contributed by atoms with Crippen molar-refractivity contribution in [3.05, 3.63) is 41.7 Å². The summed E-state index contributed by atoms with van der Waals surface area (Å²) in [5, 5.41) is 16.1. The first kappa shape index (κ1) is 16.7. The van der Waals surface area contributed by atoms with Crippen LogP contribution in [0.25, 0.3) is 11.0 Å². The second-order valence-electron chi connectivity index (χ2n) is 5.92. The van der Waals surface area contributed by atoms with Gasteiger partial charge in [-0.3, -0.25) is 4.79 Å². The highest BCUT2D eigenvalue weighted by Gasteiger charge is 2.13. The van der Waals surface area contributed by atoms with Gasteiger partial charge in [0.15, 0.2) is 5.82 Å². The largest absolute Gasteiger partial charge is 0.475 e. The fourth-order valence-corrected chi connectivity index (χ4v) is 2.27. The van der Waals surface area contributed by atoms with E-state index in [1.54, 1.807) is 18.2 Å². The van der Waals surface area contributed by atoms with Crippen LogP contribution >= 0.6 is 0 Å². The Morgan fingerprint density at radius 2 is 2.08 bits per heavy atom. The minimum absolute atomic E-state index is 0.143. The molecule has 0 fully saturated rings. The number of nitrogens with one attached hydrogen (secondary N) is 1. The summed E-state index contributed by atoms with van der Waals surface area (Å²) in [5.74, 6) is -0.266. The van der Waals surface area contributed by atoms with Crippen LogP contribution in [0.1, 0.15) is 48.5 Å². The number of nitrogens with zero attached hydrogens (tertiary/aromatic N) is 2. The van der Waals surface area contributed by atoms with Crippen LogP contribution in [0.15, 0.2) is 33.2 Å². The minimum Gasteiger partial charge on any atom is -0.475 e. The second kappa shape index (κ2) is 6.76. The van der Waals surface area contributed by atoms with Crippen LogP contribution in [-0.2, 0) is 11.2 Å². The minimum atomic E-state index is -1.14. The van der Waals surface area contributed by atoms with E-state index in [-0.39, 0.29) is 24.0 Å². The van der Waals surface area contributed by atoms with Gasteiger partial charge in [-0.05, 0) is 24.3 Å². The SMILES string of the molecule is CC(C)c1noc(CCC(=O)Nc2ccc3oc(C(=O)O)cc3c2)n1. The molecule has 0 spiro atoms. The van der Waals surface area contributed by atoms with E-state index in [0.717, 1.165) is 0 Å². The van der Waals surface area contributed by atoms with Crippen LogP contribution in [0.2, 0.25) is 0 Å². The summed E-state index contributed by atoms with van der Waals surface area (Å²) >= 11 is 0. The molecule has 2 N–H and O–H groups in total. The van der Waals surface area contributed by atoms with Crippen molar-refractivity contribution in [3.8, 4) is 0 Å². The van der Waals surface area contributed by atoms with Gasteiger partial charge >= 0.3 is 5.97 Å². The molecule has 130 valence electrons. The lowest BCUT2D eigenvalue weighted by atomic mass is 10.2. The first-order valence-corrected chi connectivity index (χ1v) is 7.81. The van der Waals surface area contributed by atoms with Crippen LogP contribution in [0.3, 0.4) is 0 Å². The molecule has 8 heteroatoms. The Labute approximate surface area is 142 Å². The summed E-state index contributed by atoms with van der Waals surface area (Å²) in [6, 6.07) is 6.34. The number of benzene rings is 1. The van der Waals surface area contributed by atoms with Gasteiger partial charge in [0.2, 0.25) is 17.6 Å². The number of carbonyl (C=O) groups excluding carboxylic acids is 1. The first-order valence-electron chi connectivity index (χ1n) is 7.81. The maximum absolute atomic E-state index is 12.1. The van der Waals surface area contributed by atoms with E-state index < -0.39 is 5.97 Å². The maximum Gasteiger partial charge on any atom is 0.371 e. The molecule has 2 aromatic heterocycles. The number of anilines is 1. The van der Waals surface area contributed by atoms with Crippen molar-refractivity contribution in [2.45, 2.75) is 32.6 Å². The van der Waals surface area contributed by atoms with Crippen LogP contribution in [0.5, 0.6) is 0 Å². The number of aromatic carboxylic acids is 1. The first-order chi connectivity index (χ1) is 11.9. The Kier molecular flexibility index (Phi) is 4.51. The number of carboxylic acid groups (broad SMARTS) is 1. The lowest BCUT2D eigenvalue weighted by Gasteiger charge is -2.03. The van der Waals surface area contributed by atoms with Gasteiger partial charge in [0, 0.05) is 29.8 Å². The average Bonchev–Trinajstić information content (AvgIpc) is 3.19. The monoisotopic (exact) mass is 343 g/mol. The molecule has 0 atom stereocenters. The van der Waals surface area contributed by atoms with Crippen molar-refractivity contribution >= 4 is 28.5 Å². The van der Waals surface area contributed by atoms with Gasteiger partial charge in [-0.15, -0.1) is 0 Å². The number of aromatic nitrogens is 2. The zero-order valence-corrected chi connectivity index (χ0v) is 13.8. The number of rotatable bonds is 6. The lowest BCUT2D eigenvalue weighted by Crippen LogP contribution is -2.12. The summed E-state index contributed by atoms with van der Waals surface area (Å²) in [6.45, 7) is 3.92. The van der Waals surface area contributed by atoms with Gasteiger partial charge in [-0.1, -0.05) is 19.0 Å². The molecule has 0 saturated carbocycles. The molecule has 8 nitrogen and oxygen atoms in total. The fraction of sp³-hybridized carbons (Fsp3) is 0.294. The van der Waals surface area contributed by atoms with Gasteiger partial charge in [0.25, 0.3) is 0 Å². The normalized spacial score (nSPS) is 11.2. The maximum atomic E-state index is 12.1. The van der Waals surface area contributed by atoms with E-state index >= 15 is 0 Å². The molecular formula is C17H17N3O5. The summed E-state index contributed by atoms with van der Waals surface area (Å²) in [7, 11) is 0. The molecule has 0 radical (unpaired) electrons. The second-order valence-corrected chi connectivity index (χ2v) is 5.92. The van der Waals surface area contributed by atoms with Gasteiger partial charge in [-0.2, -0.15) is 4.98 Å². The molecule has 2 heterocycles. The number of carboxylic acids is 1. The van der Waals surface area contributed by atoms with Gasteiger partial charge in [0.05, 0.1) is 0 Å². The van der Waals surface area contributed by atoms with Gasteiger partial charge in [-0.25, -0.2) is 4.79 Å². The van der Waals surface area contributed by atoms with Crippen molar-refractivity contribution in [2.75, 3.05) is 5.32 Å². The molecule has 3 rings (SSSR count). The Morgan fingerprint density at radius 1 is 1.28 bits per heavy atom. The average molecular weight is 343 g/mol. The Bertz CT molecular complexity index is 925. The third kappa shape index (κ3) is 3.85. The lowest BCUT2D eigenvalue weighted by molar-refractivity contribution is -0.116. The van der Waals surface area contributed by atoms with E-state index in [0.29, 0.717) is 34.8 Å². The standard InChI is InChI=1S/C17H17N3O5/c1-9(2)16-19-15(25-20-16)6-5-14(21)18-11-3-4-12-10(7-11)8-13(24-12)17(22)23/h3-4,7-9H,5-6H2,1-2H3,(H,18,21)(H,22,23). The van der Waals surface area contributed by atoms with Crippen molar-refractivity contribution in [1.29, 1.82) is 0 Å². The topological polar surface area (TPSA) is 118 Å². The van der Waals surface area contributed by atoms with Crippen LogP contribution in [0, 0.1) is 0 Å². The van der Waals surface area contributed by atoms with Crippen LogP contribution in [0.4, 0.5) is 5.69 Å².